The number of amides is 3. The van der Waals surface area contributed by atoms with E-state index in [1.54, 1.807) is 30.0 Å². The molecule has 0 bridgehead atoms. The number of carbonyl (C=O) groups excluding carboxylic acids is 3. The number of hydrogen-bond acceptors (Lipinski definition) is 6. The first-order valence-corrected chi connectivity index (χ1v) is 8.75. The summed E-state index contributed by atoms with van der Waals surface area (Å²) < 4.78 is 10.9. The van der Waals surface area contributed by atoms with Gasteiger partial charge in [-0.25, -0.2) is 5.43 Å². The molecule has 0 spiro atoms. The second-order valence-electron chi connectivity index (χ2n) is 5.85. The highest BCUT2D eigenvalue weighted by Gasteiger charge is 2.18. The lowest BCUT2D eigenvalue weighted by Crippen LogP contribution is -2.37. The minimum atomic E-state index is -0.847. The van der Waals surface area contributed by atoms with Gasteiger partial charge in [0.05, 0.1) is 13.3 Å². The number of hydrazone groups is 1. The summed E-state index contributed by atoms with van der Waals surface area (Å²) in [6.45, 7) is 3.57. The maximum atomic E-state index is 12.1. The minimum absolute atomic E-state index is 0.0479. The molecular weight excluding hydrogens is 352 g/mol. The van der Waals surface area contributed by atoms with E-state index < -0.39 is 11.8 Å². The number of benzene rings is 1. The molecule has 9 nitrogen and oxygen atoms in total. The van der Waals surface area contributed by atoms with Crippen molar-refractivity contribution < 1.29 is 23.9 Å². The Bertz CT molecular complexity index is 714. The fourth-order valence-electron chi connectivity index (χ4n) is 2.54. The molecule has 1 fully saturated rings. The zero-order valence-electron chi connectivity index (χ0n) is 15.5. The third kappa shape index (κ3) is 5.98. The number of hydrogen-bond donors (Lipinski definition) is 2. The molecule has 2 rings (SSSR count). The number of nitrogens with one attached hydrogen (secondary N) is 2. The first-order chi connectivity index (χ1) is 13.0. The molecule has 1 aliphatic rings. The van der Waals surface area contributed by atoms with E-state index in [1.807, 2.05) is 0 Å². The van der Waals surface area contributed by atoms with Crippen molar-refractivity contribution in [1.29, 1.82) is 0 Å². The lowest BCUT2D eigenvalue weighted by atomic mass is 10.2. The van der Waals surface area contributed by atoms with E-state index >= 15 is 0 Å². The average Bonchev–Trinajstić information content (AvgIpc) is 3.21. The first kappa shape index (κ1) is 20.2. The summed E-state index contributed by atoms with van der Waals surface area (Å²) in [5, 5.41) is 6.10. The summed E-state index contributed by atoms with van der Waals surface area (Å²) in [7, 11) is 1.49. The highest BCUT2D eigenvalue weighted by Crippen LogP contribution is 2.27. The Labute approximate surface area is 157 Å². The largest absolute Gasteiger partial charge is 0.493 e. The van der Waals surface area contributed by atoms with Crippen molar-refractivity contribution in [1.82, 2.24) is 15.6 Å². The number of methoxy groups -OCH3 is 1. The van der Waals surface area contributed by atoms with Crippen molar-refractivity contribution in [3.8, 4) is 11.5 Å². The van der Waals surface area contributed by atoms with Crippen LogP contribution in [0.3, 0.4) is 0 Å². The average molecular weight is 376 g/mol. The van der Waals surface area contributed by atoms with E-state index in [2.05, 4.69) is 15.8 Å². The van der Waals surface area contributed by atoms with Gasteiger partial charge in [0, 0.05) is 19.6 Å². The van der Waals surface area contributed by atoms with Crippen LogP contribution >= 0.6 is 0 Å². The van der Waals surface area contributed by atoms with Crippen molar-refractivity contribution in [3.63, 3.8) is 0 Å². The van der Waals surface area contributed by atoms with Crippen molar-refractivity contribution in [2.45, 2.75) is 19.8 Å². The minimum Gasteiger partial charge on any atom is -0.493 e. The van der Waals surface area contributed by atoms with Gasteiger partial charge in [-0.3, -0.25) is 14.4 Å². The molecule has 1 aliphatic heterocycles. The molecule has 0 aromatic heterocycles. The smallest absolute Gasteiger partial charge is 0.329 e. The van der Waals surface area contributed by atoms with Crippen LogP contribution in [0, 0.1) is 0 Å². The molecule has 146 valence electrons. The Morgan fingerprint density at radius 1 is 1.19 bits per heavy atom. The highest BCUT2D eigenvalue weighted by molar-refractivity contribution is 6.35. The topological polar surface area (TPSA) is 109 Å². The monoisotopic (exact) mass is 376 g/mol. The summed E-state index contributed by atoms with van der Waals surface area (Å²) in [5.74, 6) is -0.774. The molecule has 1 aromatic rings. The van der Waals surface area contributed by atoms with Crippen LogP contribution in [0.25, 0.3) is 0 Å². The number of likely N-dealkylation sites (N-methyl/N-ethyl adjacent to an activating group) is 1. The molecule has 0 saturated carbocycles. The summed E-state index contributed by atoms with van der Waals surface area (Å²) in [6.07, 6.45) is 3.43. The molecule has 9 heteroatoms. The fourth-order valence-corrected chi connectivity index (χ4v) is 2.54. The van der Waals surface area contributed by atoms with Gasteiger partial charge in [-0.1, -0.05) is 0 Å². The SMILES string of the molecule is CCNC(=O)C(=O)N/N=C\c1ccc(OCC(=O)N2CCCC2)c(OC)c1. The maximum Gasteiger partial charge on any atom is 0.329 e. The predicted molar refractivity (Wildman–Crippen MR) is 98.7 cm³/mol. The van der Waals surface area contributed by atoms with E-state index in [9.17, 15) is 14.4 Å². The van der Waals surface area contributed by atoms with Gasteiger partial charge >= 0.3 is 11.8 Å². The van der Waals surface area contributed by atoms with Gasteiger partial charge in [0.1, 0.15) is 0 Å². The van der Waals surface area contributed by atoms with E-state index in [4.69, 9.17) is 9.47 Å². The van der Waals surface area contributed by atoms with Crippen LogP contribution in [0.1, 0.15) is 25.3 Å². The molecule has 1 saturated heterocycles. The maximum absolute atomic E-state index is 12.1. The zero-order chi connectivity index (χ0) is 19.6. The Hall–Kier alpha value is -3.10. The second-order valence-corrected chi connectivity index (χ2v) is 5.85. The summed E-state index contributed by atoms with van der Waals surface area (Å²) in [4.78, 5) is 36.6. The van der Waals surface area contributed by atoms with Gasteiger partial charge in [-0.05, 0) is 43.5 Å². The zero-order valence-corrected chi connectivity index (χ0v) is 15.5. The van der Waals surface area contributed by atoms with Gasteiger partial charge < -0.3 is 19.7 Å². The first-order valence-electron chi connectivity index (χ1n) is 8.75. The molecule has 0 atom stereocenters. The van der Waals surface area contributed by atoms with Gasteiger partial charge in [-0.15, -0.1) is 0 Å². The quantitative estimate of drug-likeness (QED) is 0.404. The second kappa shape index (κ2) is 10.1. The van der Waals surface area contributed by atoms with E-state index in [1.165, 1.54) is 13.3 Å². The van der Waals surface area contributed by atoms with E-state index in [-0.39, 0.29) is 12.5 Å². The van der Waals surface area contributed by atoms with Crippen LogP contribution in [0.15, 0.2) is 23.3 Å². The van der Waals surface area contributed by atoms with Crippen LogP contribution in [-0.4, -0.2) is 62.2 Å². The number of rotatable bonds is 7. The molecule has 3 amide bonds. The molecule has 0 radical (unpaired) electrons. The lowest BCUT2D eigenvalue weighted by molar-refractivity contribution is -0.139. The number of carbonyl (C=O) groups is 3. The summed E-state index contributed by atoms with van der Waals surface area (Å²) >= 11 is 0. The Morgan fingerprint density at radius 3 is 2.59 bits per heavy atom. The molecule has 1 heterocycles. The standard InChI is InChI=1S/C18H24N4O5/c1-3-19-17(24)18(25)21-20-11-13-6-7-14(15(10-13)26-2)27-12-16(23)22-8-4-5-9-22/h6-7,10-11H,3-5,8-9,12H2,1-2H3,(H,19,24)(H,21,25)/b20-11-. The number of nitrogens with zero attached hydrogens (tertiary/aromatic N) is 2. The lowest BCUT2D eigenvalue weighted by Gasteiger charge is -2.16. The molecular formula is C18H24N4O5. The molecule has 1 aromatic carbocycles. The molecule has 0 unspecified atom stereocenters. The van der Waals surface area contributed by atoms with Crippen LogP contribution in [0.4, 0.5) is 0 Å². The Balaban J connectivity index is 1.92. The molecule has 0 aliphatic carbocycles. The van der Waals surface area contributed by atoms with Crippen molar-refractivity contribution >= 4 is 23.9 Å². The van der Waals surface area contributed by atoms with Crippen LogP contribution < -0.4 is 20.2 Å². The molecule has 2 N–H and O–H groups in total. The van der Waals surface area contributed by atoms with Crippen LogP contribution in [0.2, 0.25) is 0 Å². The summed E-state index contributed by atoms with van der Waals surface area (Å²) in [6, 6.07) is 5.00. The number of ether oxygens (including phenoxy) is 2. The molecule has 27 heavy (non-hydrogen) atoms. The van der Waals surface area contributed by atoms with Gasteiger partial charge in [0.25, 0.3) is 5.91 Å². The van der Waals surface area contributed by atoms with Gasteiger partial charge in [0.15, 0.2) is 18.1 Å². The predicted octanol–water partition coefficient (Wildman–Crippen LogP) is 0.283. The van der Waals surface area contributed by atoms with Gasteiger partial charge in [-0.2, -0.15) is 5.10 Å². The Morgan fingerprint density at radius 2 is 1.93 bits per heavy atom. The fraction of sp³-hybridized carbons (Fsp3) is 0.444. The highest BCUT2D eigenvalue weighted by atomic mass is 16.5. The third-order valence-corrected chi connectivity index (χ3v) is 3.92. The van der Waals surface area contributed by atoms with Crippen molar-refractivity contribution in [2.24, 2.45) is 5.10 Å². The van der Waals surface area contributed by atoms with Gasteiger partial charge in [0.2, 0.25) is 0 Å². The summed E-state index contributed by atoms with van der Waals surface area (Å²) in [5.41, 5.74) is 2.76. The van der Waals surface area contributed by atoms with Crippen LogP contribution in [-0.2, 0) is 14.4 Å². The number of likely N-dealkylation sites (tertiary alicyclic amines) is 1. The van der Waals surface area contributed by atoms with E-state index in [0.717, 1.165) is 25.9 Å². The van der Waals surface area contributed by atoms with Crippen LogP contribution in [0.5, 0.6) is 11.5 Å². The van der Waals surface area contributed by atoms with Crippen molar-refractivity contribution in [2.75, 3.05) is 33.4 Å². The van der Waals surface area contributed by atoms with E-state index in [0.29, 0.717) is 23.6 Å². The third-order valence-electron chi connectivity index (χ3n) is 3.92. The van der Waals surface area contributed by atoms with Crippen molar-refractivity contribution in [3.05, 3.63) is 23.8 Å². The Kier molecular flexibility index (Phi) is 7.60. The normalized spacial score (nSPS) is 13.5.